The number of rotatable bonds is 6. The highest BCUT2D eigenvalue weighted by Gasteiger charge is 2.22. The van der Waals surface area contributed by atoms with E-state index in [9.17, 15) is 5.11 Å². The van der Waals surface area contributed by atoms with E-state index in [0.717, 1.165) is 45.3 Å². The summed E-state index contributed by atoms with van der Waals surface area (Å²) in [5.74, 6) is 0. The van der Waals surface area contributed by atoms with Crippen LogP contribution in [0, 0.1) is 5.41 Å². The van der Waals surface area contributed by atoms with Gasteiger partial charge < -0.3 is 15.2 Å². The molecule has 96 valence electrons. The van der Waals surface area contributed by atoms with Gasteiger partial charge >= 0.3 is 0 Å². The topological polar surface area (TPSA) is 41.5 Å². The van der Waals surface area contributed by atoms with E-state index in [1.807, 2.05) is 0 Å². The fraction of sp³-hybridized carbons (Fsp3) is 1.00. The summed E-state index contributed by atoms with van der Waals surface area (Å²) >= 11 is 0. The lowest BCUT2D eigenvalue weighted by atomic mass is 9.87. The Morgan fingerprint density at radius 3 is 2.44 bits per heavy atom. The third-order valence-corrected chi connectivity index (χ3v) is 3.55. The van der Waals surface area contributed by atoms with Gasteiger partial charge in [0.25, 0.3) is 0 Å². The predicted octanol–water partition coefficient (Wildman–Crippen LogP) is 1.94. The molecular formula is C13H27NO2. The Hall–Kier alpha value is -0.120. The first kappa shape index (κ1) is 13.9. The van der Waals surface area contributed by atoms with Crippen molar-refractivity contribution in [2.75, 3.05) is 20.3 Å². The van der Waals surface area contributed by atoms with E-state index in [1.54, 1.807) is 7.11 Å². The highest BCUT2D eigenvalue weighted by atomic mass is 16.5. The summed E-state index contributed by atoms with van der Waals surface area (Å²) in [6.07, 6.45) is 5.17. The molecule has 0 bridgehead atoms. The molecular weight excluding hydrogens is 202 g/mol. The van der Waals surface area contributed by atoms with Crippen LogP contribution < -0.4 is 5.32 Å². The summed E-state index contributed by atoms with van der Waals surface area (Å²) < 4.78 is 5.12. The second kappa shape index (κ2) is 6.58. The molecule has 0 atom stereocenters. The van der Waals surface area contributed by atoms with Gasteiger partial charge in [0.15, 0.2) is 0 Å². The first-order valence-electron chi connectivity index (χ1n) is 6.44. The molecule has 1 rings (SSSR count). The molecule has 1 aliphatic carbocycles. The molecule has 0 aliphatic heterocycles. The minimum absolute atomic E-state index is 0.0560. The molecule has 0 heterocycles. The number of methoxy groups -OCH3 is 1. The number of aliphatic hydroxyl groups is 1. The van der Waals surface area contributed by atoms with Gasteiger partial charge in [-0.1, -0.05) is 13.8 Å². The zero-order chi connectivity index (χ0) is 12.0. The lowest BCUT2D eigenvalue weighted by Gasteiger charge is -2.31. The molecule has 2 N–H and O–H groups in total. The summed E-state index contributed by atoms with van der Waals surface area (Å²) in [6, 6.07) is 0.602. The van der Waals surface area contributed by atoms with Crippen molar-refractivity contribution in [1.29, 1.82) is 0 Å². The minimum atomic E-state index is -0.0560. The molecule has 0 spiro atoms. The van der Waals surface area contributed by atoms with Crippen LogP contribution in [-0.4, -0.2) is 37.5 Å². The van der Waals surface area contributed by atoms with E-state index in [1.165, 1.54) is 0 Å². The molecule has 16 heavy (non-hydrogen) atoms. The average molecular weight is 229 g/mol. The normalized spacial score (nSPS) is 27.0. The van der Waals surface area contributed by atoms with Crippen molar-refractivity contribution in [2.45, 2.75) is 58.1 Å². The van der Waals surface area contributed by atoms with Gasteiger partial charge in [0.05, 0.1) is 6.10 Å². The van der Waals surface area contributed by atoms with Crippen LogP contribution >= 0.6 is 0 Å². The van der Waals surface area contributed by atoms with E-state index in [0.29, 0.717) is 11.5 Å². The van der Waals surface area contributed by atoms with Gasteiger partial charge in [-0.05, 0) is 37.5 Å². The minimum Gasteiger partial charge on any atom is -0.393 e. The Bertz CT molecular complexity index is 186. The molecule has 1 aliphatic rings. The number of aliphatic hydroxyl groups excluding tert-OH is 1. The largest absolute Gasteiger partial charge is 0.393 e. The molecule has 3 heteroatoms. The monoisotopic (exact) mass is 229 g/mol. The molecule has 0 aromatic rings. The van der Waals surface area contributed by atoms with Crippen molar-refractivity contribution in [3.8, 4) is 0 Å². The molecule has 0 saturated heterocycles. The smallest absolute Gasteiger partial charge is 0.0541 e. The summed E-state index contributed by atoms with van der Waals surface area (Å²) in [5.41, 5.74) is 0.298. The highest BCUT2D eigenvalue weighted by Crippen LogP contribution is 2.22. The Balaban J connectivity index is 2.17. The van der Waals surface area contributed by atoms with E-state index in [2.05, 4.69) is 19.2 Å². The predicted molar refractivity (Wildman–Crippen MR) is 66.5 cm³/mol. The van der Waals surface area contributed by atoms with Crippen molar-refractivity contribution in [2.24, 2.45) is 5.41 Å². The Kier molecular flexibility index (Phi) is 5.73. The number of ether oxygens (including phenoxy) is 1. The third kappa shape index (κ3) is 5.28. The Labute approximate surface area is 99.6 Å². The van der Waals surface area contributed by atoms with Gasteiger partial charge in [-0.2, -0.15) is 0 Å². The van der Waals surface area contributed by atoms with E-state index in [4.69, 9.17) is 4.74 Å². The fourth-order valence-electron chi connectivity index (χ4n) is 2.17. The van der Waals surface area contributed by atoms with Crippen LogP contribution in [0.4, 0.5) is 0 Å². The highest BCUT2D eigenvalue weighted by molar-refractivity contribution is 4.80. The molecule has 1 fully saturated rings. The fourth-order valence-corrected chi connectivity index (χ4v) is 2.17. The molecule has 0 amide bonds. The summed E-state index contributed by atoms with van der Waals surface area (Å²) in [7, 11) is 1.76. The van der Waals surface area contributed by atoms with Gasteiger partial charge in [0.2, 0.25) is 0 Å². The molecule has 0 unspecified atom stereocenters. The van der Waals surface area contributed by atoms with E-state index < -0.39 is 0 Å². The van der Waals surface area contributed by atoms with Crippen LogP contribution in [0.25, 0.3) is 0 Å². The Morgan fingerprint density at radius 2 is 1.88 bits per heavy atom. The van der Waals surface area contributed by atoms with Crippen LogP contribution in [0.15, 0.2) is 0 Å². The zero-order valence-electron chi connectivity index (χ0n) is 11.0. The SMILES string of the molecule is COCCC(C)(C)CNC1CCC(O)CC1. The molecule has 0 aromatic heterocycles. The average Bonchev–Trinajstić information content (AvgIpc) is 2.26. The van der Waals surface area contributed by atoms with Crippen LogP contribution in [-0.2, 0) is 4.74 Å². The summed E-state index contributed by atoms with van der Waals surface area (Å²) in [6.45, 7) is 6.42. The number of hydrogen-bond acceptors (Lipinski definition) is 3. The quantitative estimate of drug-likeness (QED) is 0.731. The van der Waals surface area contributed by atoms with E-state index in [-0.39, 0.29) is 6.10 Å². The van der Waals surface area contributed by atoms with Crippen molar-refractivity contribution in [3.05, 3.63) is 0 Å². The lowest BCUT2D eigenvalue weighted by Crippen LogP contribution is -2.40. The van der Waals surface area contributed by atoms with Crippen molar-refractivity contribution < 1.29 is 9.84 Å². The van der Waals surface area contributed by atoms with Gasteiger partial charge in [0, 0.05) is 26.3 Å². The van der Waals surface area contributed by atoms with Gasteiger partial charge in [-0.15, -0.1) is 0 Å². The lowest BCUT2D eigenvalue weighted by molar-refractivity contribution is 0.110. The third-order valence-electron chi connectivity index (χ3n) is 3.55. The molecule has 1 saturated carbocycles. The van der Waals surface area contributed by atoms with Gasteiger partial charge in [-0.3, -0.25) is 0 Å². The van der Waals surface area contributed by atoms with Gasteiger partial charge in [-0.25, -0.2) is 0 Å². The summed E-state index contributed by atoms with van der Waals surface area (Å²) in [4.78, 5) is 0. The Morgan fingerprint density at radius 1 is 1.25 bits per heavy atom. The number of nitrogens with one attached hydrogen (secondary N) is 1. The zero-order valence-corrected chi connectivity index (χ0v) is 11.0. The van der Waals surface area contributed by atoms with Crippen LogP contribution in [0.5, 0.6) is 0 Å². The first-order chi connectivity index (χ1) is 7.53. The second-order valence-corrected chi connectivity index (χ2v) is 5.79. The second-order valence-electron chi connectivity index (χ2n) is 5.79. The molecule has 0 aromatic carbocycles. The van der Waals surface area contributed by atoms with Crippen LogP contribution in [0.3, 0.4) is 0 Å². The molecule has 3 nitrogen and oxygen atoms in total. The van der Waals surface area contributed by atoms with Gasteiger partial charge in [0.1, 0.15) is 0 Å². The standard InChI is InChI=1S/C13H27NO2/c1-13(2,8-9-16-3)10-14-11-4-6-12(15)7-5-11/h11-12,14-15H,4-10H2,1-3H3. The maximum absolute atomic E-state index is 9.43. The van der Waals surface area contributed by atoms with Crippen molar-refractivity contribution in [1.82, 2.24) is 5.32 Å². The van der Waals surface area contributed by atoms with Crippen molar-refractivity contribution >= 4 is 0 Å². The van der Waals surface area contributed by atoms with Crippen LogP contribution in [0.2, 0.25) is 0 Å². The molecule has 0 radical (unpaired) electrons. The van der Waals surface area contributed by atoms with Crippen LogP contribution in [0.1, 0.15) is 46.0 Å². The van der Waals surface area contributed by atoms with E-state index >= 15 is 0 Å². The maximum atomic E-state index is 9.43. The van der Waals surface area contributed by atoms with Crippen molar-refractivity contribution in [3.63, 3.8) is 0 Å². The summed E-state index contributed by atoms with van der Waals surface area (Å²) in [5, 5.41) is 13.1. The number of hydrogen-bond donors (Lipinski definition) is 2. The maximum Gasteiger partial charge on any atom is 0.0541 e. The first-order valence-corrected chi connectivity index (χ1v) is 6.44.